The summed E-state index contributed by atoms with van der Waals surface area (Å²) in [4.78, 5) is 28.7. The normalized spacial score (nSPS) is 10.5. The van der Waals surface area contributed by atoms with Gasteiger partial charge in [0, 0.05) is 50.5 Å². The van der Waals surface area contributed by atoms with Gasteiger partial charge in [-0.15, -0.1) is 0 Å². The third-order valence-electron chi connectivity index (χ3n) is 4.56. The van der Waals surface area contributed by atoms with Crippen LogP contribution < -0.4 is 10.2 Å². The van der Waals surface area contributed by atoms with Crippen molar-refractivity contribution in [2.45, 2.75) is 39.7 Å². The molecule has 29 heavy (non-hydrogen) atoms. The Bertz CT molecular complexity index is 835. The molecule has 0 aliphatic rings. The lowest BCUT2D eigenvalue weighted by Gasteiger charge is -2.26. The van der Waals surface area contributed by atoms with E-state index in [0.717, 1.165) is 29.8 Å². The zero-order chi connectivity index (χ0) is 21.4. The van der Waals surface area contributed by atoms with Crippen LogP contribution in [-0.2, 0) is 11.3 Å². The molecule has 0 heterocycles. The first-order valence-corrected chi connectivity index (χ1v) is 10.0. The van der Waals surface area contributed by atoms with Gasteiger partial charge in [-0.2, -0.15) is 0 Å². The summed E-state index contributed by atoms with van der Waals surface area (Å²) in [6.45, 7) is 4.95. The molecule has 0 saturated heterocycles. The Morgan fingerprint density at radius 2 is 1.69 bits per heavy atom. The summed E-state index contributed by atoms with van der Waals surface area (Å²) < 4.78 is 13.2. The maximum absolute atomic E-state index is 13.2. The van der Waals surface area contributed by atoms with Gasteiger partial charge in [0.1, 0.15) is 5.82 Å². The number of nitrogens with zero attached hydrogens (tertiary/aromatic N) is 2. The fraction of sp³-hybridized carbons (Fsp3) is 0.391. The van der Waals surface area contributed by atoms with Gasteiger partial charge in [0.25, 0.3) is 5.91 Å². The van der Waals surface area contributed by atoms with E-state index in [9.17, 15) is 14.0 Å². The van der Waals surface area contributed by atoms with E-state index in [1.165, 1.54) is 24.3 Å². The molecule has 0 bridgehead atoms. The summed E-state index contributed by atoms with van der Waals surface area (Å²) in [5, 5.41) is 2.92. The predicted octanol–water partition coefficient (Wildman–Crippen LogP) is 4.68. The van der Waals surface area contributed by atoms with E-state index < -0.39 is 0 Å². The number of amides is 2. The minimum absolute atomic E-state index is 0.0242. The quantitative estimate of drug-likeness (QED) is 0.666. The van der Waals surface area contributed by atoms with E-state index in [4.69, 9.17) is 0 Å². The second kappa shape index (κ2) is 10.6. The van der Waals surface area contributed by atoms with E-state index in [2.05, 4.69) is 5.32 Å². The van der Waals surface area contributed by atoms with Gasteiger partial charge in [0.2, 0.25) is 5.91 Å². The van der Waals surface area contributed by atoms with Gasteiger partial charge in [0.15, 0.2) is 0 Å². The Morgan fingerprint density at radius 1 is 1.00 bits per heavy atom. The van der Waals surface area contributed by atoms with E-state index in [1.807, 2.05) is 51.0 Å². The molecule has 0 radical (unpaired) electrons. The molecular formula is C23H30FN3O2. The minimum Gasteiger partial charge on any atom is -0.377 e. The zero-order valence-electron chi connectivity index (χ0n) is 17.7. The van der Waals surface area contributed by atoms with Crippen LogP contribution in [0.1, 0.15) is 49.0 Å². The molecule has 0 saturated carbocycles. The molecule has 2 aromatic rings. The first kappa shape index (κ1) is 22.4. The molecule has 5 nitrogen and oxygen atoms in total. The molecule has 1 N–H and O–H groups in total. The van der Waals surface area contributed by atoms with Crippen LogP contribution in [0, 0.1) is 5.82 Å². The lowest BCUT2D eigenvalue weighted by molar-refractivity contribution is -0.116. The number of benzene rings is 2. The van der Waals surface area contributed by atoms with Gasteiger partial charge >= 0.3 is 0 Å². The van der Waals surface area contributed by atoms with Gasteiger partial charge in [-0.25, -0.2) is 4.39 Å². The topological polar surface area (TPSA) is 52.7 Å². The van der Waals surface area contributed by atoms with E-state index >= 15 is 0 Å². The highest BCUT2D eigenvalue weighted by atomic mass is 19.1. The van der Waals surface area contributed by atoms with Crippen LogP contribution in [0.3, 0.4) is 0 Å². The number of nitrogens with one attached hydrogen (secondary N) is 1. The highest BCUT2D eigenvalue weighted by Crippen LogP contribution is 2.25. The van der Waals surface area contributed by atoms with Crippen molar-refractivity contribution in [2.75, 3.05) is 30.9 Å². The SMILES string of the molecule is CCCC(=O)Nc1ccc(N(C)C)c(CN(CCC)C(=O)c2ccc(F)cc2)c1. The Labute approximate surface area is 172 Å². The fourth-order valence-electron chi connectivity index (χ4n) is 3.18. The number of halogens is 1. The van der Waals surface area contributed by atoms with Gasteiger partial charge < -0.3 is 15.1 Å². The molecule has 0 atom stereocenters. The van der Waals surface area contributed by atoms with E-state index in [1.54, 1.807) is 4.90 Å². The molecule has 0 unspecified atom stereocenters. The average Bonchev–Trinajstić information content (AvgIpc) is 2.68. The second-order valence-electron chi connectivity index (χ2n) is 7.27. The standard InChI is InChI=1S/C23H30FN3O2/c1-5-7-22(28)25-20-12-13-21(26(3)4)18(15-20)16-27(14-6-2)23(29)17-8-10-19(24)11-9-17/h8-13,15H,5-7,14,16H2,1-4H3,(H,25,28). The molecule has 2 rings (SSSR count). The summed E-state index contributed by atoms with van der Waals surface area (Å²) in [7, 11) is 3.89. The predicted molar refractivity (Wildman–Crippen MR) is 116 cm³/mol. The summed E-state index contributed by atoms with van der Waals surface area (Å²) in [6.07, 6.45) is 2.05. The number of carbonyl (C=O) groups is 2. The Kier molecular flexibility index (Phi) is 8.19. The summed E-state index contributed by atoms with van der Waals surface area (Å²) in [6, 6.07) is 11.4. The number of anilines is 2. The van der Waals surface area contributed by atoms with Crippen LogP contribution in [0.5, 0.6) is 0 Å². The highest BCUT2D eigenvalue weighted by Gasteiger charge is 2.18. The second-order valence-corrected chi connectivity index (χ2v) is 7.27. The molecule has 2 aromatic carbocycles. The maximum atomic E-state index is 13.2. The zero-order valence-corrected chi connectivity index (χ0v) is 17.7. The van der Waals surface area contributed by atoms with Gasteiger partial charge in [-0.1, -0.05) is 13.8 Å². The van der Waals surface area contributed by atoms with Crippen molar-refractivity contribution in [3.8, 4) is 0 Å². The first-order chi connectivity index (χ1) is 13.8. The van der Waals surface area contributed by atoms with Crippen molar-refractivity contribution >= 4 is 23.2 Å². The monoisotopic (exact) mass is 399 g/mol. The molecule has 0 aliphatic carbocycles. The van der Waals surface area contributed by atoms with Crippen LogP contribution in [0.15, 0.2) is 42.5 Å². The fourth-order valence-corrected chi connectivity index (χ4v) is 3.18. The smallest absolute Gasteiger partial charge is 0.254 e. The Balaban J connectivity index is 2.31. The van der Waals surface area contributed by atoms with Crippen molar-refractivity contribution in [1.82, 2.24) is 4.90 Å². The molecule has 6 heteroatoms. The van der Waals surface area contributed by atoms with Crippen molar-refractivity contribution in [3.05, 3.63) is 59.4 Å². The minimum atomic E-state index is -0.367. The van der Waals surface area contributed by atoms with Crippen LogP contribution >= 0.6 is 0 Å². The van der Waals surface area contributed by atoms with Gasteiger partial charge in [-0.05, 0) is 60.9 Å². The molecule has 2 amide bonds. The third kappa shape index (κ3) is 6.31. The lowest BCUT2D eigenvalue weighted by Crippen LogP contribution is -2.32. The highest BCUT2D eigenvalue weighted by molar-refractivity contribution is 5.94. The van der Waals surface area contributed by atoms with Crippen LogP contribution in [0.2, 0.25) is 0 Å². The van der Waals surface area contributed by atoms with Crippen molar-refractivity contribution in [2.24, 2.45) is 0 Å². The number of rotatable bonds is 9. The van der Waals surface area contributed by atoms with Crippen LogP contribution in [0.25, 0.3) is 0 Å². The molecular weight excluding hydrogens is 369 g/mol. The van der Waals surface area contributed by atoms with E-state index in [0.29, 0.717) is 25.1 Å². The van der Waals surface area contributed by atoms with E-state index in [-0.39, 0.29) is 17.6 Å². The van der Waals surface area contributed by atoms with Crippen molar-refractivity contribution < 1.29 is 14.0 Å². The number of carbonyl (C=O) groups excluding carboxylic acids is 2. The van der Waals surface area contributed by atoms with Crippen LogP contribution in [-0.4, -0.2) is 37.4 Å². The molecule has 0 fully saturated rings. The van der Waals surface area contributed by atoms with Crippen molar-refractivity contribution in [3.63, 3.8) is 0 Å². The van der Waals surface area contributed by atoms with Gasteiger partial charge in [0.05, 0.1) is 0 Å². The Hall–Kier alpha value is -2.89. The largest absolute Gasteiger partial charge is 0.377 e. The molecule has 156 valence electrons. The third-order valence-corrected chi connectivity index (χ3v) is 4.56. The number of hydrogen-bond donors (Lipinski definition) is 1. The first-order valence-electron chi connectivity index (χ1n) is 10.0. The van der Waals surface area contributed by atoms with Crippen LogP contribution in [0.4, 0.5) is 15.8 Å². The summed E-state index contributed by atoms with van der Waals surface area (Å²) >= 11 is 0. The summed E-state index contributed by atoms with van der Waals surface area (Å²) in [5.41, 5.74) is 3.09. The molecule has 0 aromatic heterocycles. The lowest BCUT2D eigenvalue weighted by atomic mass is 10.1. The Morgan fingerprint density at radius 3 is 2.28 bits per heavy atom. The average molecular weight is 400 g/mol. The van der Waals surface area contributed by atoms with Crippen molar-refractivity contribution in [1.29, 1.82) is 0 Å². The molecule has 0 spiro atoms. The maximum Gasteiger partial charge on any atom is 0.254 e. The van der Waals surface area contributed by atoms with Gasteiger partial charge in [-0.3, -0.25) is 9.59 Å². The summed E-state index contributed by atoms with van der Waals surface area (Å²) in [5.74, 6) is -0.533. The molecule has 0 aliphatic heterocycles. The number of hydrogen-bond acceptors (Lipinski definition) is 3.